The lowest BCUT2D eigenvalue weighted by molar-refractivity contribution is 0.255. The highest BCUT2D eigenvalue weighted by Gasteiger charge is 2.30. The van der Waals surface area contributed by atoms with Crippen LogP contribution in [0.1, 0.15) is 23.2 Å². The number of H-pyrrole nitrogens is 1. The highest BCUT2D eigenvalue weighted by atomic mass is 32.1. The Morgan fingerprint density at radius 3 is 2.78 bits per heavy atom. The minimum absolute atomic E-state index is 0. The van der Waals surface area contributed by atoms with Crippen LogP contribution in [-0.4, -0.2) is 26.3 Å². The van der Waals surface area contributed by atoms with Gasteiger partial charge in [0.15, 0.2) is 5.75 Å². The van der Waals surface area contributed by atoms with Crippen LogP contribution in [0.3, 0.4) is 0 Å². The molecule has 138 valence electrons. The van der Waals surface area contributed by atoms with E-state index in [1.165, 1.54) is 0 Å². The minimum Gasteiger partial charge on any atom is -0.488 e. The van der Waals surface area contributed by atoms with Crippen LogP contribution in [0.5, 0.6) is 5.75 Å². The number of aromatic amines is 1. The van der Waals surface area contributed by atoms with Crippen molar-refractivity contribution in [2.45, 2.75) is 19.9 Å². The Kier molecular flexibility index (Phi) is 4.07. The number of pyridine rings is 1. The predicted octanol–water partition coefficient (Wildman–Crippen LogP) is 3.09. The van der Waals surface area contributed by atoms with Crippen molar-refractivity contribution in [3.63, 3.8) is 0 Å². The molecule has 4 aromatic rings. The molecule has 0 bridgehead atoms. The Balaban J connectivity index is 0.00000180. The average molecular weight is 382 g/mol. The molecule has 1 aromatic carbocycles. The van der Waals surface area contributed by atoms with Gasteiger partial charge in [0.2, 0.25) is 0 Å². The van der Waals surface area contributed by atoms with Gasteiger partial charge in [0.1, 0.15) is 23.9 Å². The van der Waals surface area contributed by atoms with Crippen molar-refractivity contribution in [1.82, 2.24) is 19.7 Å². The van der Waals surface area contributed by atoms with Gasteiger partial charge >= 0.3 is 5.69 Å². The van der Waals surface area contributed by atoms with Gasteiger partial charge in [-0.3, -0.25) is 9.55 Å². The molecule has 0 unspecified atom stereocenters. The Morgan fingerprint density at radius 1 is 1.22 bits per heavy atom. The summed E-state index contributed by atoms with van der Waals surface area (Å²) in [5.74, 6) is 1.39. The number of aromatic nitrogens is 4. The van der Waals surface area contributed by atoms with E-state index in [1.54, 1.807) is 10.8 Å². The van der Waals surface area contributed by atoms with Crippen molar-refractivity contribution >= 4 is 24.5 Å². The summed E-state index contributed by atoms with van der Waals surface area (Å²) in [6.07, 6.45) is 1.72. The maximum atomic E-state index is 12.7. The van der Waals surface area contributed by atoms with Gasteiger partial charge in [-0.15, -0.1) is 0 Å². The van der Waals surface area contributed by atoms with E-state index in [0.29, 0.717) is 12.4 Å². The summed E-state index contributed by atoms with van der Waals surface area (Å²) in [6.45, 7) is 4.10. The van der Waals surface area contributed by atoms with E-state index in [4.69, 9.17) is 9.26 Å². The lowest BCUT2D eigenvalue weighted by atomic mass is 10.0. The standard InChI is InChI=1S/C19H16N4O3.H2S/c1-10-16(11(2)26-22-10)12-6-7-14-17-18(12)25-9-15(23(17)19(24)21-14)13-5-3-4-8-20-13;/h3-8,15H,9H2,1-2H3,(H,21,24);1H2/t15-;/m1./s1. The number of ether oxygens (including phenoxy) is 1. The third-order valence-electron chi connectivity index (χ3n) is 4.86. The second kappa shape index (κ2) is 6.31. The summed E-state index contributed by atoms with van der Waals surface area (Å²) in [5, 5.41) is 4.04. The van der Waals surface area contributed by atoms with Crippen LogP contribution in [0.15, 0.2) is 45.8 Å². The summed E-state index contributed by atoms with van der Waals surface area (Å²) < 4.78 is 13.2. The van der Waals surface area contributed by atoms with Crippen molar-refractivity contribution in [3.05, 3.63) is 64.2 Å². The van der Waals surface area contributed by atoms with E-state index in [-0.39, 0.29) is 25.2 Å². The van der Waals surface area contributed by atoms with Gasteiger partial charge < -0.3 is 14.2 Å². The molecule has 0 amide bonds. The van der Waals surface area contributed by atoms with E-state index in [2.05, 4.69) is 15.1 Å². The predicted molar refractivity (Wildman–Crippen MR) is 106 cm³/mol. The number of nitrogens with one attached hydrogen (secondary N) is 1. The first-order valence-electron chi connectivity index (χ1n) is 8.39. The molecule has 0 saturated heterocycles. The monoisotopic (exact) mass is 382 g/mol. The zero-order valence-corrected chi connectivity index (χ0v) is 15.8. The Morgan fingerprint density at radius 2 is 2.07 bits per heavy atom. The van der Waals surface area contributed by atoms with Crippen LogP contribution in [0.25, 0.3) is 22.2 Å². The zero-order chi connectivity index (χ0) is 17.8. The molecule has 1 N–H and O–H groups in total. The van der Waals surface area contributed by atoms with Crippen LogP contribution in [0.2, 0.25) is 0 Å². The fraction of sp³-hybridized carbons (Fsp3) is 0.211. The van der Waals surface area contributed by atoms with E-state index in [1.807, 2.05) is 44.2 Å². The molecule has 0 spiro atoms. The number of imidazole rings is 1. The molecule has 0 aliphatic carbocycles. The largest absolute Gasteiger partial charge is 0.488 e. The van der Waals surface area contributed by atoms with Crippen LogP contribution in [0.4, 0.5) is 0 Å². The summed E-state index contributed by atoms with van der Waals surface area (Å²) in [7, 11) is 0. The Hall–Kier alpha value is -3.00. The van der Waals surface area contributed by atoms with E-state index in [0.717, 1.165) is 39.3 Å². The maximum Gasteiger partial charge on any atom is 0.327 e. The summed E-state index contributed by atoms with van der Waals surface area (Å²) >= 11 is 0. The highest BCUT2D eigenvalue weighted by molar-refractivity contribution is 7.59. The van der Waals surface area contributed by atoms with Crippen molar-refractivity contribution in [3.8, 4) is 16.9 Å². The van der Waals surface area contributed by atoms with Gasteiger partial charge in [0, 0.05) is 11.8 Å². The second-order valence-electron chi connectivity index (χ2n) is 6.42. The van der Waals surface area contributed by atoms with Crippen LogP contribution in [0, 0.1) is 13.8 Å². The first-order chi connectivity index (χ1) is 12.6. The molecular weight excluding hydrogens is 364 g/mol. The molecule has 1 aliphatic heterocycles. The molecule has 1 atom stereocenters. The van der Waals surface area contributed by atoms with E-state index >= 15 is 0 Å². The quantitative estimate of drug-likeness (QED) is 0.576. The maximum absolute atomic E-state index is 12.7. The van der Waals surface area contributed by atoms with Crippen LogP contribution < -0.4 is 10.4 Å². The lowest BCUT2D eigenvalue weighted by Gasteiger charge is -2.26. The summed E-state index contributed by atoms with van der Waals surface area (Å²) in [4.78, 5) is 20.0. The molecule has 27 heavy (non-hydrogen) atoms. The SMILES string of the molecule is Cc1noc(C)c1-c1ccc2[nH]c(=O)n3c2c1OC[C@@H]3c1ccccn1.S. The lowest BCUT2D eigenvalue weighted by Crippen LogP contribution is -2.31. The van der Waals surface area contributed by atoms with Crippen LogP contribution in [-0.2, 0) is 0 Å². The van der Waals surface area contributed by atoms with Crippen molar-refractivity contribution in [2.75, 3.05) is 6.61 Å². The number of aryl methyl sites for hydroxylation is 2. The first kappa shape index (κ1) is 17.4. The molecule has 0 fully saturated rings. The molecule has 0 radical (unpaired) electrons. The summed E-state index contributed by atoms with van der Waals surface area (Å²) in [5.41, 5.74) is 4.67. The molecule has 4 heterocycles. The van der Waals surface area contributed by atoms with Gasteiger partial charge in [-0.25, -0.2) is 4.79 Å². The van der Waals surface area contributed by atoms with Crippen LogP contribution >= 0.6 is 13.5 Å². The van der Waals surface area contributed by atoms with Gasteiger partial charge in [-0.05, 0) is 38.1 Å². The third-order valence-corrected chi connectivity index (χ3v) is 4.86. The topological polar surface area (TPSA) is 85.9 Å². The zero-order valence-electron chi connectivity index (χ0n) is 14.8. The second-order valence-corrected chi connectivity index (χ2v) is 6.42. The molecular formula is C19H18N4O3S. The van der Waals surface area contributed by atoms with Crippen molar-refractivity contribution < 1.29 is 9.26 Å². The number of rotatable bonds is 2. The third kappa shape index (κ3) is 2.48. The Bertz CT molecular complexity index is 1170. The smallest absolute Gasteiger partial charge is 0.327 e. The molecule has 0 saturated carbocycles. The van der Waals surface area contributed by atoms with Gasteiger partial charge in [-0.1, -0.05) is 11.2 Å². The Labute approximate surface area is 161 Å². The molecule has 8 heteroatoms. The number of hydrogen-bond donors (Lipinski definition) is 1. The molecule has 5 rings (SSSR count). The number of nitrogens with zero attached hydrogens (tertiary/aromatic N) is 3. The number of hydrogen-bond acceptors (Lipinski definition) is 5. The minimum atomic E-state index is -0.273. The fourth-order valence-electron chi connectivity index (χ4n) is 3.72. The van der Waals surface area contributed by atoms with Gasteiger partial charge in [0.25, 0.3) is 0 Å². The van der Waals surface area contributed by atoms with E-state index in [9.17, 15) is 4.79 Å². The molecule has 3 aromatic heterocycles. The average Bonchev–Trinajstić information content (AvgIpc) is 3.17. The first-order valence-corrected chi connectivity index (χ1v) is 8.39. The van der Waals surface area contributed by atoms with Gasteiger partial charge in [-0.2, -0.15) is 13.5 Å². The summed E-state index contributed by atoms with van der Waals surface area (Å²) in [6, 6.07) is 9.22. The number of benzene rings is 1. The fourth-order valence-corrected chi connectivity index (χ4v) is 3.72. The highest BCUT2D eigenvalue weighted by Crippen LogP contribution is 2.42. The molecule has 7 nitrogen and oxygen atoms in total. The van der Waals surface area contributed by atoms with Gasteiger partial charge in [0.05, 0.1) is 22.5 Å². The van der Waals surface area contributed by atoms with Crippen molar-refractivity contribution in [2.24, 2.45) is 0 Å². The normalized spacial score (nSPS) is 15.4. The van der Waals surface area contributed by atoms with Crippen molar-refractivity contribution in [1.29, 1.82) is 0 Å². The van der Waals surface area contributed by atoms with E-state index < -0.39 is 0 Å². The molecule has 1 aliphatic rings.